The van der Waals surface area contributed by atoms with Gasteiger partial charge in [-0.25, -0.2) is 13.5 Å². The van der Waals surface area contributed by atoms with Gasteiger partial charge in [-0.1, -0.05) is 0 Å². The van der Waals surface area contributed by atoms with Gasteiger partial charge in [0.2, 0.25) is 0 Å². The highest BCUT2D eigenvalue weighted by Crippen LogP contribution is 2.57. The van der Waals surface area contributed by atoms with Gasteiger partial charge in [-0.3, -0.25) is 9.78 Å². The number of carbonyl (C=O) groups is 1. The van der Waals surface area contributed by atoms with E-state index < -0.39 is 17.5 Å². The summed E-state index contributed by atoms with van der Waals surface area (Å²) in [5, 5.41) is 16.9. The predicted molar refractivity (Wildman–Crippen MR) is 95.1 cm³/mol. The number of halogens is 2. The third kappa shape index (κ3) is 2.64. The Balaban J connectivity index is 1.48. The SMILES string of the molecule is O=C(NCc1ncccc1O)c1nn(-c2ccc(F)cc2F)c2c1C[C@H]1C[C@@H]21. The molecule has 6 nitrogen and oxygen atoms in total. The molecule has 0 spiro atoms. The second kappa shape index (κ2) is 6.12. The zero-order valence-electron chi connectivity index (χ0n) is 14.7. The van der Waals surface area contributed by atoms with Gasteiger partial charge < -0.3 is 10.4 Å². The van der Waals surface area contributed by atoms with Crippen molar-refractivity contribution < 1.29 is 18.7 Å². The van der Waals surface area contributed by atoms with E-state index in [1.165, 1.54) is 29.1 Å². The predicted octanol–water partition coefficient (Wildman–Crippen LogP) is 2.84. The Morgan fingerprint density at radius 1 is 1.32 bits per heavy atom. The number of hydrogen-bond acceptors (Lipinski definition) is 4. The molecule has 1 saturated carbocycles. The number of nitrogens with zero attached hydrogens (tertiary/aromatic N) is 3. The van der Waals surface area contributed by atoms with Gasteiger partial charge in [-0.2, -0.15) is 5.10 Å². The fraction of sp³-hybridized carbons (Fsp3) is 0.250. The zero-order chi connectivity index (χ0) is 19.4. The molecule has 1 amide bonds. The molecular formula is C20H16F2N4O2. The molecule has 2 atom stereocenters. The van der Waals surface area contributed by atoms with E-state index in [1.807, 2.05) is 0 Å². The highest BCUT2D eigenvalue weighted by Gasteiger charge is 2.50. The van der Waals surface area contributed by atoms with Gasteiger partial charge >= 0.3 is 0 Å². The number of carbonyl (C=O) groups excluding carboxylic acids is 1. The Kier molecular flexibility index (Phi) is 3.68. The number of hydrogen-bond donors (Lipinski definition) is 2. The van der Waals surface area contributed by atoms with Gasteiger partial charge in [0.25, 0.3) is 5.91 Å². The number of rotatable bonds is 4. The fourth-order valence-corrected chi connectivity index (χ4v) is 3.95. The average Bonchev–Trinajstić information content (AvgIpc) is 3.17. The summed E-state index contributed by atoms with van der Waals surface area (Å²) in [6.07, 6.45) is 3.24. The van der Waals surface area contributed by atoms with Gasteiger partial charge in [0.15, 0.2) is 11.5 Å². The van der Waals surface area contributed by atoms with Crippen molar-refractivity contribution in [1.82, 2.24) is 20.1 Å². The van der Waals surface area contributed by atoms with Gasteiger partial charge in [0, 0.05) is 23.7 Å². The summed E-state index contributed by atoms with van der Waals surface area (Å²) < 4.78 is 29.1. The lowest BCUT2D eigenvalue weighted by Crippen LogP contribution is -2.25. The van der Waals surface area contributed by atoms with E-state index in [0.717, 1.165) is 30.2 Å². The molecule has 0 unspecified atom stereocenters. The molecule has 1 fully saturated rings. The van der Waals surface area contributed by atoms with Crippen molar-refractivity contribution in [1.29, 1.82) is 0 Å². The normalized spacial score (nSPS) is 19.2. The van der Waals surface area contributed by atoms with Crippen molar-refractivity contribution in [2.45, 2.75) is 25.3 Å². The maximum absolute atomic E-state index is 14.3. The lowest BCUT2D eigenvalue weighted by atomic mass is 10.1. The Labute approximate surface area is 158 Å². The van der Waals surface area contributed by atoms with E-state index >= 15 is 0 Å². The highest BCUT2D eigenvalue weighted by atomic mass is 19.1. The van der Waals surface area contributed by atoms with Crippen LogP contribution in [0.2, 0.25) is 0 Å². The monoisotopic (exact) mass is 382 g/mol. The van der Waals surface area contributed by atoms with E-state index in [9.17, 15) is 18.7 Å². The van der Waals surface area contributed by atoms with Gasteiger partial charge in [0.1, 0.15) is 22.9 Å². The minimum absolute atomic E-state index is 0.00631. The van der Waals surface area contributed by atoms with Crippen LogP contribution in [0, 0.1) is 17.6 Å². The summed E-state index contributed by atoms with van der Waals surface area (Å²) >= 11 is 0. The zero-order valence-corrected chi connectivity index (χ0v) is 14.7. The van der Waals surface area contributed by atoms with Gasteiger partial charge in [0.05, 0.1) is 12.2 Å². The summed E-state index contributed by atoms with van der Waals surface area (Å²) in [6, 6.07) is 6.41. The van der Waals surface area contributed by atoms with Crippen molar-refractivity contribution in [3.63, 3.8) is 0 Å². The van der Waals surface area contributed by atoms with Crippen molar-refractivity contribution >= 4 is 5.91 Å². The molecule has 0 saturated heterocycles. The maximum atomic E-state index is 14.3. The average molecular weight is 382 g/mol. The molecule has 0 aliphatic heterocycles. The quantitative estimate of drug-likeness (QED) is 0.727. The number of amides is 1. The number of aromatic hydroxyl groups is 1. The Bertz CT molecular complexity index is 1110. The highest BCUT2D eigenvalue weighted by molar-refractivity contribution is 5.94. The molecule has 1 aromatic carbocycles. The molecular weight excluding hydrogens is 366 g/mol. The van der Waals surface area contributed by atoms with Crippen LogP contribution < -0.4 is 5.32 Å². The van der Waals surface area contributed by atoms with Crippen LogP contribution in [0.3, 0.4) is 0 Å². The topological polar surface area (TPSA) is 80.0 Å². The van der Waals surface area contributed by atoms with Gasteiger partial charge in [-0.05, 0) is 43.0 Å². The van der Waals surface area contributed by atoms with Crippen LogP contribution in [0.15, 0.2) is 36.5 Å². The first kappa shape index (κ1) is 16.9. The smallest absolute Gasteiger partial charge is 0.272 e. The Morgan fingerprint density at radius 2 is 2.18 bits per heavy atom. The standard InChI is InChI=1S/C20H16F2N4O2/c21-11-3-4-16(14(22)8-11)26-19-12-6-10(12)7-13(19)18(25-26)20(28)24-9-15-17(27)2-1-5-23-15/h1-5,8,10,12,27H,6-7,9H2,(H,24,28)/t10-,12-/m1/s1. The van der Waals surface area contributed by atoms with Crippen molar-refractivity contribution in [3.05, 3.63) is 70.8 Å². The van der Waals surface area contributed by atoms with Crippen LogP contribution in [0.5, 0.6) is 5.75 Å². The van der Waals surface area contributed by atoms with E-state index in [-0.39, 0.29) is 29.6 Å². The third-order valence-electron chi connectivity index (χ3n) is 5.40. The Morgan fingerprint density at radius 3 is 2.96 bits per heavy atom. The molecule has 2 aliphatic carbocycles. The van der Waals surface area contributed by atoms with Crippen LogP contribution in [-0.4, -0.2) is 25.8 Å². The molecule has 142 valence electrons. The third-order valence-corrected chi connectivity index (χ3v) is 5.40. The van der Waals surface area contributed by atoms with E-state index in [0.29, 0.717) is 11.6 Å². The maximum Gasteiger partial charge on any atom is 0.272 e. The van der Waals surface area contributed by atoms with E-state index in [1.54, 1.807) is 6.07 Å². The molecule has 3 aromatic rings. The van der Waals surface area contributed by atoms with Crippen molar-refractivity contribution in [2.24, 2.45) is 5.92 Å². The number of aromatic nitrogens is 3. The first-order chi connectivity index (χ1) is 13.5. The second-order valence-electron chi connectivity index (χ2n) is 7.18. The first-order valence-electron chi connectivity index (χ1n) is 9.01. The molecule has 28 heavy (non-hydrogen) atoms. The number of pyridine rings is 1. The number of nitrogens with one attached hydrogen (secondary N) is 1. The Hall–Kier alpha value is -3.29. The summed E-state index contributed by atoms with van der Waals surface area (Å²) in [7, 11) is 0. The molecule has 8 heteroatoms. The van der Waals surface area contributed by atoms with Crippen LogP contribution >= 0.6 is 0 Å². The lowest BCUT2D eigenvalue weighted by Gasteiger charge is -2.07. The summed E-state index contributed by atoms with van der Waals surface area (Å²) in [5.74, 6) is -1.10. The minimum atomic E-state index is -0.722. The molecule has 2 aliphatic rings. The largest absolute Gasteiger partial charge is 0.506 e. The van der Waals surface area contributed by atoms with E-state index in [2.05, 4.69) is 15.4 Å². The molecule has 2 N–H and O–H groups in total. The van der Waals surface area contributed by atoms with Crippen LogP contribution in [0.25, 0.3) is 5.69 Å². The second-order valence-corrected chi connectivity index (χ2v) is 7.18. The molecule has 0 radical (unpaired) electrons. The molecule has 5 rings (SSSR count). The number of benzene rings is 1. The molecule has 0 bridgehead atoms. The summed E-state index contributed by atoms with van der Waals surface area (Å²) in [5.41, 5.74) is 2.36. The summed E-state index contributed by atoms with van der Waals surface area (Å²) in [4.78, 5) is 16.8. The van der Waals surface area contributed by atoms with Crippen LogP contribution in [-0.2, 0) is 13.0 Å². The van der Waals surface area contributed by atoms with Crippen LogP contribution in [0.1, 0.15) is 39.8 Å². The van der Waals surface area contributed by atoms with Crippen molar-refractivity contribution in [3.8, 4) is 11.4 Å². The molecule has 2 aromatic heterocycles. The van der Waals surface area contributed by atoms with Gasteiger partial charge in [-0.15, -0.1) is 0 Å². The summed E-state index contributed by atoms with van der Waals surface area (Å²) in [6.45, 7) is 0.0465. The number of fused-ring (bicyclic) bond motifs is 3. The first-order valence-corrected chi connectivity index (χ1v) is 9.01. The van der Waals surface area contributed by atoms with Crippen LogP contribution in [0.4, 0.5) is 8.78 Å². The lowest BCUT2D eigenvalue weighted by molar-refractivity contribution is 0.0944. The minimum Gasteiger partial charge on any atom is -0.506 e. The molecule has 2 heterocycles. The fourth-order valence-electron chi connectivity index (χ4n) is 3.95. The van der Waals surface area contributed by atoms with Crippen molar-refractivity contribution in [2.75, 3.05) is 0 Å². The van der Waals surface area contributed by atoms with E-state index in [4.69, 9.17) is 0 Å².